The lowest BCUT2D eigenvalue weighted by atomic mass is 9.96. The molecule has 2 N–H and O–H groups in total. The van der Waals surface area contributed by atoms with Gasteiger partial charge in [-0.1, -0.05) is 6.92 Å². The standard InChI is InChI=1S/C11H18N2O2S2/c1-8-7-13(6-5-10(8)12)17(14,15)11-4-3-9(2)16-11/h3-4,8,10H,5-7,12H2,1-2H3. The molecule has 1 fully saturated rings. The molecule has 1 aliphatic rings. The third-order valence-electron chi connectivity index (χ3n) is 3.24. The summed E-state index contributed by atoms with van der Waals surface area (Å²) in [5, 5.41) is 0. The second-order valence-corrected chi connectivity index (χ2v) is 8.11. The third kappa shape index (κ3) is 2.54. The molecule has 17 heavy (non-hydrogen) atoms. The summed E-state index contributed by atoms with van der Waals surface area (Å²) >= 11 is 1.33. The fraction of sp³-hybridized carbons (Fsp3) is 0.636. The van der Waals surface area contributed by atoms with Crippen molar-refractivity contribution >= 4 is 21.4 Å². The Hall–Kier alpha value is -0.430. The van der Waals surface area contributed by atoms with Gasteiger partial charge in [0.15, 0.2) is 0 Å². The molecule has 6 heteroatoms. The van der Waals surface area contributed by atoms with Gasteiger partial charge in [0.25, 0.3) is 10.0 Å². The second kappa shape index (κ2) is 4.68. The Morgan fingerprint density at radius 2 is 2.18 bits per heavy atom. The largest absolute Gasteiger partial charge is 0.327 e. The summed E-state index contributed by atoms with van der Waals surface area (Å²) in [4.78, 5) is 1.02. The minimum Gasteiger partial charge on any atom is -0.327 e. The Labute approximate surface area is 106 Å². The quantitative estimate of drug-likeness (QED) is 0.887. The molecule has 2 atom stereocenters. The number of nitrogens with zero attached hydrogens (tertiary/aromatic N) is 1. The van der Waals surface area contributed by atoms with Gasteiger partial charge in [0.05, 0.1) is 0 Å². The van der Waals surface area contributed by atoms with E-state index in [-0.39, 0.29) is 12.0 Å². The van der Waals surface area contributed by atoms with Gasteiger partial charge in [-0.3, -0.25) is 0 Å². The van der Waals surface area contributed by atoms with Gasteiger partial charge in [-0.05, 0) is 31.4 Å². The summed E-state index contributed by atoms with van der Waals surface area (Å²) in [5.41, 5.74) is 5.91. The highest BCUT2D eigenvalue weighted by atomic mass is 32.2. The average molecular weight is 274 g/mol. The number of nitrogens with two attached hydrogens (primary N) is 1. The zero-order chi connectivity index (χ0) is 12.6. The number of hydrogen-bond acceptors (Lipinski definition) is 4. The van der Waals surface area contributed by atoms with Crippen LogP contribution in [0, 0.1) is 12.8 Å². The fourth-order valence-electron chi connectivity index (χ4n) is 2.02. The van der Waals surface area contributed by atoms with Crippen LogP contribution in [0.25, 0.3) is 0 Å². The molecule has 0 aliphatic carbocycles. The molecule has 0 amide bonds. The zero-order valence-corrected chi connectivity index (χ0v) is 11.7. The van der Waals surface area contributed by atoms with Crippen molar-refractivity contribution in [2.24, 2.45) is 11.7 Å². The fourth-order valence-corrected chi connectivity index (χ4v) is 5.01. The number of thiophene rings is 1. The SMILES string of the molecule is Cc1ccc(S(=O)(=O)N2CCC(N)C(C)C2)s1. The molecule has 0 saturated carbocycles. The molecule has 0 bridgehead atoms. The molecule has 96 valence electrons. The predicted molar refractivity (Wildman–Crippen MR) is 69.6 cm³/mol. The Balaban J connectivity index is 2.22. The number of piperidine rings is 1. The molecular formula is C11H18N2O2S2. The van der Waals surface area contributed by atoms with Crippen LogP contribution in [0.4, 0.5) is 0 Å². The maximum Gasteiger partial charge on any atom is 0.252 e. The van der Waals surface area contributed by atoms with Crippen molar-refractivity contribution < 1.29 is 8.42 Å². The monoisotopic (exact) mass is 274 g/mol. The maximum absolute atomic E-state index is 12.3. The van der Waals surface area contributed by atoms with Crippen LogP contribution < -0.4 is 5.73 Å². The molecule has 1 aromatic rings. The number of aryl methyl sites for hydroxylation is 1. The van der Waals surface area contributed by atoms with Crippen LogP contribution in [-0.2, 0) is 10.0 Å². The van der Waals surface area contributed by atoms with E-state index < -0.39 is 10.0 Å². The molecule has 0 radical (unpaired) electrons. The van der Waals surface area contributed by atoms with Crippen LogP contribution in [-0.4, -0.2) is 31.9 Å². The summed E-state index contributed by atoms with van der Waals surface area (Å²) in [7, 11) is -3.30. The van der Waals surface area contributed by atoms with E-state index in [0.717, 1.165) is 11.3 Å². The smallest absolute Gasteiger partial charge is 0.252 e. The topological polar surface area (TPSA) is 63.4 Å². The van der Waals surface area contributed by atoms with Gasteiger partial charge in [0.1, 0.15) is 4.21 Å². The van der Waals surface area contributed by atoms with Crippen molar-refractivity contribution in [2.45, 2.75) is 30.5 Å². The Bertz CT molecular complexity index is 495. The van der Waals surface area contributed by atoms with E-state index in [0.29, 0.717) is 17.3 Å². The molecular weight excluding hydrogens is 256 g/mol. The first-order valence-corrected chi connectivity index (χ1v) is 7.99. The van der Waals surface area contributed by atoms with Gasteiger partial charge in [0.2, 0.25) is 0 Å². The van der Waals surface area contributed by atoms with Crippen molar-refractivity contribution in [1.82, 2.24) is 4.31 Å². The van der Waals surface area contributed by atoms with Crippen LogP contribution in [0.3, 0.4) is 0 Å². The summed E-state index contributed by atoms with van der Waals surface area (Å²) in [6, 6.07) is 3.65. The lowest BCUT2D eigenvalue weighted by Crippen LogP contribution is -2.47. The minimum absolute atomic E-state index is 0.117. The average Bonchev–Trinajstić information content (AvgIpc) is 2.69. The Morgan fingerprint density at radius 3 is 2.71 bits per heavy atom. The highest BCUT2D eigenvalue weighted by Crippen LogP contribution is 2.27. The van der Waals surface area contributed by atoms with E-state index in [4.69, 9.17) is 5.73 Å². The van der Waals surface area contributed by atoms with E-state index in [2.05, 4.69) is 0 Å². The van der Waals surface area contributed by atoms with E-state index in [1.807, 2.05) is 19.9 Å². The minimum atomic E-state index is -3.30. The molecule has 0 spiro atoms. The van der Waals surface area contributed by atoms with E-state index in [9.17, 15) is 8.42 Å². The van der Waals surface area contributed by atoms with Crippen molar-refractivity contribution in [2.75, 3.05) is 13.1 Å². The van der Waals surface area contributed by atoms with Gasteiger partial charge < -0.3 is 5.73 Å². The van der Waals surface area contributed by atoms with Crippen LogP contribution in [0.15, 0.2) is 16.3 Å². The van der Waals surface area contributed by atoms with E-state index in [1.54, 1.807) is 10.4 Å². The van der Waals surface area contributed by atoms with Gasteiger partial charge in [-0.2, -0.15) is 4.31 Å². The van der Waals surface area contributed by atoms with Crippen LogP contribution in [0.1, 0.15) is 18.2 Å². The lowest BCUT2D eigenvalue weighted by molar-refractivity contribution is 0.250. The summed E-state index contributed by atoms with van der Waals surface area (Å²) in [5.74, 6) is 0.222. The first-order valence-electron chi connectivity index (χ1n) is 5.73. The first kappa shape index (κ1) is 13.0. The Kier molecular flexibility index (Phi) is 3.58. The predicted octanol–water partition coefficient (Wildman–Crippen LogP) is 1.41. The Morgan fingerprint density at radius 1 is 1.47 bits per heavy atom. The summed E-state index contributed by atoms with van der Waals surface area (Å²) < 4.78 is 26.7. The third-order valence-corrected chi connectivity index (χ3v) is 6.58. The second-order valence-electron chi connectivity index (χ2n) is 4.66. The van der Waals surface area contributed by atoms with Gasteiger partial charge in [0, 0.05) is 24.0 Å². The molecule has 2 unspecified atom stereocenters. The molecule has 1 saturated heterocycles. The van der Waals surface area contributed by atoms with Gasteiger partial charge >= 0.3 is 0 Å². The van der Waals surface area contributed by atoms with Crippen LogP contribution in [0.2, 0.25) is 0 Å². The van der Waals surface area contributed by atoms with Crippen molar-refractivity contribution in [3.8, 4) is 0 Å². The lowest BCUT2D eigenvalue weighted by Gasteiger charge is -2.33. The number of rotatable bonds is 2. The zero-order valence-electron chi connectivity index (χ0n) is 10.1. The normalized spacial score (nSPS) is 27.2. The maximum atomic E-state index is 12.3. The number of sulfonamides is 1. The van der Waals surface area contributed by atoms with Gasteiger partial charge in [-0.15, -0.1) is 11.3 Å². The number of hydrogen-bond donors (Lipinski definition) is 1. The summed E-state index contributed by atoms with van der Waals surface area (Å²) in [6.07, 6.45) is 0.741. The molecule has 2 rings (SSSR count). The molecule has 1 aliphatic heterocycles. The van der Waals surface area contributed by atoms with Crippen molar-refractivity contribution in [1.29, 1.82) is 0 Å². The highest BCUT2D eigenvalue weighted by molar-refractivity contribution is 7.91. The first-order chi connectivity index (χ1) is 7.91. The van der Waals surface area contributed by atoms with E-state index in [1.165, 1.54) is 11.3 Å². The van der Waals surface area contributed by atoms with Crippen molar-refractivity contribution in [3.63, 3.8) is 0 Å². The van der Waals surface area contributed by atoms with E-state index >= 15 is 0 Å². The van der Waals surface area contributed by atoms with Crippen LogP contribution in [0.5, 0.6) is 0 Å². The molecule has 4 nitrogen and oxygen atoms in total. The summed E-state index contributed by atoms with van der Waals surface area (Å²) in [6.45, 7) is 4.98. The molecule has 2 heterocycles. The highest BCUT2D eigenvalue weighted by Gasteiger charge is 2.32. The van der Waals surface area contributed by atoms with Gasteiger partial charge in [-0.25, -0.2) is 8.42 Å². The van der Waals surface area contributed by atoms with Crippen molar-refractivity contribution in [3.05, 3.63) is 17.0 Å². The molecule has 0 aromatic carbocycles. The van der Waals surface area contributed by atoms with Crippen LogP contribution >= 0.6 is 11.3 Å². The molecule has 1 aromatic heterocycles.